The zero-order valence-corrected chi connectivity index (χ0v) is 11.4. The minimum absolute atomic E-state index is 0.0189. The van der Waals surface area contributed by atoms with Crippen molar-refractivity contribution in [1.82, 2.24) is 15.1 Å². The molecule has 0 aliphatic carbocycles. The second-order valence-electron chi connectivity index (χ2n) is 5.88. The van der Waals surface area contributed by atoms with Crippen LogP contribution < -0.4 is 5.32 Å². The van der Waals surface area contributed by atoms with Crippen molar-refractivity contribution < 1.29 is 4.79 Å². The molecule has 0 radical (unpaired) electrons. The SMILES string of the molecule is CC1NC(C(C)C)N(C2CCCN(C)C2)C1=O. The maximum atomic E-state index is 12.3. The Morgan fingerprint density at radius 1 is 1.41 bits per heavy atom. The Morgan fingerprint density at radius 2 is 2.12 bits per heavy atom. The Hall–Kier alpha value is -0.610. The van der Waals surface area contributed by atoms with E-state index >= 15 is 0 Å². The lowest BCUT2D eigenvalue weighted by Gasteiger charge is -2.39. The van der Waals surface area contributed by atoms with Crippen LogP contribution in [-0.4, -0.2) is 54.1 Å². The third kappa shape index (κ3) is 2.47. The van der Waals surface area contributed by atoms with Crippen molar-refractivity contribution in [1.29, 1.82) is 0 Å². The van der Waals surface area contributed by atoms with Gasteiger partial charge in [0.25, 0.3) is 0 Å². The average molecular weight is 239 g/mol. The molecule has 2 heterocycles. The quantitative estimate of drug-likeness (QED) is 0.777. The van der Waals surface area contributed by atoms with Crippen LogP contribution in [0.15, 0.2) is 0 Å². The van der Waals surface area contributed by atoms with Gasteiger partial charge in [0.05, 0.1) is 12.2 Å². The first-order valence-electron chi connectivity index (χ1n) is 6.77. The summed E-state index contributed by atoms with van der Waals surface area (Å²) in [7, 11) is 2.15. The molecule has 0 spiro atoms. The van der Waals surface area contributed by atoms with Crippen LogP contribution in [0.1, 0.15) is 33.6 Å². The van der Waals surface area contributed by atoms with Crippen LogP contribution in [0.5, 0.6) is 0 Å². The predicted octanol–water partition coefficient (Wildman–Crippen LogP) is 0.883. The molecule has 0 saturated carbocycles. The first-order valence-corrected chi connectivity index (χ1v) is 6.77. The minimum atomic E-state index is -0.0189. The van der Waals surface area contributed by atoms with Gasteiger partial charge in [-0.1, -0.05) is 13.8 Å². The predicted molar refractivity (Wildman–Crippen MR) is 68.6 cm³/mol. The number of carbonyl (C=O) groups is 1. The van der Waals surface area contributed by atoms with Gasteiger partial charge in [0, 0.05) is 12.6 Å². The van der Waals surface area contributed by atoms with E-state index in [-0.39, 0.29) is 18.1 Å². The highest BCUT2D eigenvalue weighted by atomic mass is 16.2. The molecule has 2 aliphatic heterocycles. The van der Waals surface area contributed by atoms with Crippen molar-refractivity contribution in [2.75, 3.05) is 20.1 Å². The van der Waals surface area contributed by atoms with E-state index < -0.39 is 0 Å². The van der Waals surface area contributed by atoms with Gasteiger partial charge in [-0.3, -0.25) is 10.1 Å². The molecule has 0 aromatic heterocycles. The first kappa shape index (κ1) is 12.8. The van der Waals surface area contributed by atoms with Gasteiger partial charge in [-0.2, -0.15) is 0 Å². The number of amides is 1. The fourth-order valence-electron chi connectivity index (χ4n) is 3.06. The summed E-state index contributed by atoms with van der Waals surface area (Å²) in [5, 5.41) is 3.42. The van der Waals surface area contributed by atoms with Crippen LogP contribution in [-0.2, 0) is 4.79 Å². The minimum Gasteiger partial charge on any atom is -0.321 e. The smallest absolute Gasteiger partial charge is 0.241 e. The summed E-state index contributed by atoms with van der Waals surface area (Å²) in [5.74, 6) is 0.750. The summed E-state index contributed by atoms with van der Waals surface area (Å²) in [6.07, 6.45) is 2.56. The van der Waals surface area contributed by atoms with Gasteiger partial charge >= 0.3 is 0 Å². The lowest BCUT2D eigenvalue weighted by Crippen LogP contribution is -2.53. The molecule has 0 aromatic carbocycles. The number of nitrogens with one attached hydrogen (secondary N) is 1. The van der Waals surface area contributed by atoms with E-state index in [1.54, 1.807) is 0 Å². The molecule has 2 aliphatic rings. The van der Waals surface area contributed by atoms with Crippen molar-refractivity contribution in [3.05, 3.63) is 0 Å². The number of piperidine rings is 1. The van der Waals surface area contributed by atoms with Gasteiger partial charge in [-0.15, -0.1) is 0 Å². The summed E-state index contributed by atoms with van der Waals surface area (Å²) in [6.45, 7) is 8.52. The van der Waals surface area contributed by atoms with E-state index in [0.29, 0.717) is 12.0 Å². The van der Waals surface area contributed by atoms with Crippen LogP contribution in [0, 0.1) is 5.92 Å². The molecule has 4 nitrogen and oxygen atoms in total. The highest BCUT2D eigenvalue weighted by molar-refractivity contribution is 5.84. The van der Waals surface area contributed by atoms with Crippen molar-refractivity contribution >= 4 is 5.91 Å². The van der Waals surface area contributed by atoms with Gasteiger partial charge in [0.15, 0.2) is 0 Å². The molecule has 1 N–H and O–H groups in total. The standard InChI is InChI=1S/C13H25N3O/c1-9(2)12-14-10(3)13(17)16(12)11-6-5-7-15(4)8-11/h9-12,14H,5-8H2,1-4H3. The first-order chi connectivity index (χ1) is 8.00. The van der Waals surface area contributed by atoms with Crippen LogP contribution >= 0.6 is 0 Å². The monoisotopic (exact) mass is 239 g/mol. The maximum Gasteiger partial charge on any atom is 0.241 e. The lowest BCUT2D eigenvalue weighted by atomic mass is 10.0. The van der Waals surface area contributed by atoms with Crippen LogP contribution in [0.3, 0.4) is 0 Å². The molecule has 2 saturated heterocycles. The van der Waals surface area contributed by atoms with Gasteiger partial charge in [-0.05, 0) is 39.3 Å². The fraction of sp³-hybridized carbons (Fsp3) is 0.923. The summed E-state index contributed by atoms with van der Waals surface area (Å²) in [6, 6.07) is 0.376. The lowest BCUT2D eigenvalue weighted by molar-refractivity contribution is -0.133. The van der Waals surface area contributed by atoms with Crippen molar-refractivity contribution in [3.63, 3.8) is 0 Å². The topological polar surface area (TPSA) is 35.6 Å². The summed E-state index contributed by atoms with van der Waals surface area (Å²) in [5.41, 5.74) is 0. The Bertz CT molecular complexity index is 292. The van der Waals surface area contributed by atoms with Crippen LogP contribution in [0.4, 0.5) is 0 Å². The summed E-state index contributed by atoms with van der Waals surface area (Å²) >= 11 is 0. The number of nitrogens with zero attached hydrogens (tertiary/aromatic N) is 2. The Morgan fingerprint density at radius 3 is 2.71 bits per heavy atom. The molecule has 0 aromatic rings. The van der Waals surface area contributed by atoms with E-state index in [2.05, 4.69) is 36.0 Å². The molecule has 17 heavy (non-hydrogen) atoms. The van der Waals surface area contributed by atoms with Gasteiger partial charge in [0.1, 0.15) is 0 Å². The van der Waals surface area contributed by atoms with Crippen LogP contribution in [0.2, 0.25) is 0 Å². The highest BCUT2D eigenvalue weighted by Gasteiger charge is 2.42. The molecule has 4 heteroatoms. The largest absolute Gasteiger partial charge is 0.321 e. The number of hydrogen-bond donors (Lipinski definition) is 1. The zero-order chi connectivity index (χ0) is 12.6. The molecule has 2 fully saturated rings. The number of likely N-dealkylation sites (tertiary alicyclic amines) is 1. The van der Waals surface area contributed by atoms with E-state index in [4.69, 9.17) is 0 Å². The van der Waals surface area contributed by atoms with Crippen molar-refractivity contribution in [2.24, 2.45) is 5.92 Å². The molecule has 0 bridgehead atoms. The second-order valence-corrected chi connectivity index (χ2v) is 5.88. The zero-order valence-electron chi connectivity index (χ0n) is 11.4. The van der Waals surface area contributed by atoms with Gasteiger partial charge < -0.3 is 9.80 Å². The normalized spacial score (nSPS) is 35.9. The van der Waals surface area contributed by atoms with Crippen molar-refractivity contribution in [3.8, 4) is 0 Å². The molecule has 3 atom stereocenters. The Labute approximate surface area is 104 Å². The van der Waals surface area contributed by atoms with Gasteiger partial charge in [0.2, 0.25) is 5.91 Å². The molecular weight excluding hydrogens is 214 g/mol. The highest BCUT2D eigenvalue weighted by Crippen LogP contribution is 2.25. The van der Waals surface area contributed by atoms with E-state index in [0.717, 1.165) is 19.5 Å². The number of hydrogen-bond acceptors (Lipinski definition) is 3. The van der Waals surface area contributed by atoms with E-state index in [1.165, 1.54) is 6.42 Å². The van der Waals surface area contributed by atoms with Crippen molar-refractivity contribution in [2.45, 2.75) is 51.9 Å². The average Bonchev–Trinajstić information content (AvgIpc) is 2.56. The Kier molecular flexibility index (Phi) is 3.73. The Balaban J connectivity index is 2.13. The number of likely N-dealkylation sites (N-methyl/N-ethyl adjacent to an activating group) is 1. The van der Waals surface area contributed by atoms with E-state index in [1.807, 2.05) is 6.92 Å². The third-order valence-corrected chi connectivity index (χ3v) is 3.97. The molecule has 2 rings (SSSR count). The molecule has 3 unspecified atom stereocenters. The summed E-state index contributed by atoms with van der Waals surface area (Å²) < 4.78 is 0. The van der Waals surface area contributed by atoms with Gasteiger partial charge in [-0.25, -0.2) is 0 Å². The number of rotatable bonds is 2. The van der Waals surface area contributed by atoms with E-state index in [9.17, 15) is 4.79 Å². The second kappa shape index (κ2) is 4.94. The number of carbonyl (C=O) groups excluding carboxylic acids is 1. The maximum absolute atomic E-state index is 12.3. The molecular formula is C13H25N3O. The van der Waals surface area contributed by atoms with Crippen LogP contribution in [0.25, 0.3) is 0 Å². The molecule has 98 valence electrons. The third-order valence-electron chi connectivity index (χ3n) is 3.97. The molecule has 1 amide bonds. The summed E-state index contributed by atoms with van der Waals surface area (Å²) in [4.78, 5) is 16.7. The fourth-order valence-corrected chi connectivity index (χ4v) is 3.06.